The number of carbonyl (C=O) groups excluding carboxylic acids is 1. The molecule has 2 aliphatic carbocycles. The smallest absolute Gasteiger partial charge is 0.310 e. The summed E-state index contributed by atoms with van der Waals surface area (Å²) < 4.78 is 32.1. The molecule has 0 amide bonds. The molecule has 8 heteroatoms. The molecular weight excluding hydrogens is 438 g/mol. The summed E-state index contributed by atoms with van der Waals surface area (Å²) in [5.41, 5.74) is 0.859. The molecule has 33 heavy (non-hydrogen) atoms. The van der Waals surface area contributed by atoms with Crippen LogP contribution >= 0.6 is 0 Å². The fourth-order valence-electron chi connectivity index (χ4n) is 5.43. The van der Waals surface area contributed by atoms with Gasteiger partial charge < -0.3 is 4.18 Å². The van der Waals surface area contributed by atoms with Crippen LogP contribution in [-0.2, 0) is 14.9 Å². The standard InChI is InChI=1S/C25H25N3O4S/c1-24(2)17-9-10-25(24,23(29)13-17)16-33(30,31)32-18-14-21(19-7-3-5-11-26-19)28-22(15-18)20-8-4-6-12-27-20/h3-8,11-12,14-15,17H,9-10,13,16H2,1-2H3/t17?,25-/m1/s1. The molecule has 3 aromatic rings. The molecule has 0 N–H and O–H groups in total. The van der Waals surface area contributed by atoms with E-state index in [1.165, 1.54) is 0 Å². The number of aromatic nitrogens is 3. The Labute approximate surface area is 193 Å². The molecule has 3 aromatic heterocycles. The molecule has 2 aliphatic rings. The van der Waals surface area contributed by atoms with Crippen LogP contribution in [0.25, 0.3) is 22.8 Å². The summed E-state index contributed by atoms with van der Waals surface area (Å²) in [7, 11) is -4.05. The van der Waals surface area contributed by atoms with E-state index >= 15 is 0 Å². The van der Waals surface area contributed by atoms with E-state index in [9.17, 15) is 13.2 Å². The van der Waals surface area contributed by atoms with E-state index < -0.39 is 15.5 Å². The third-order valence-corrected chi connectivity index (χ3v) is 8.73. The van der Waals surface area contributed by atoms with E-state index in [2.05, 4.69) is 15.0 Å². The third-order valence-electron chi connectivity index (χ3n) is 7.44. The van der Waals surface area contributed by atoms with E-state index in [1.54, 1.807) is 48.8 Å². The number of Topliss-reactive ketones (excluding diaryl/α,β-unsaturated/α-hetero) is 1. The highest BCUT2D eigenvalue weighted by atomic mass is 32.2. The van der Waals surface area contributed by atoms with Crippen LogP contribution in [0, 0.1) is 16.7 Å². The largest absolute Gasteiger partial charge is 0.382 e. The van der Waals surface area contributed by atoms with Gasteiger partial charge in [0.1, 0.15) is 11.5 Å². The van der Waals surface area contributed by atoms with Gasteiger partial charge in [0, 0.05) is 30.9 Å². The van der Waals surface area contributed by atoms with Gasteiger partial charge in [-0.3, -0.25) is 14.8 Å². The van der Waals surface area contributed by atoms with Crippen LogP contribution in [0.2, 0.25) is 0 Å². The van der Waals surface area contributed by atoms with Crippen molar-refractivity contribution in [2.75, 3.05) is 5.75 Å². The predicted octanol–water partition coefficient (Wildman–Crippen LogP) is 4.31. The Hall–Kier alpha value is -3.13. The molecule has 0 radical (unpaired) electrons. The molecule has 7 nitrogen and oxygen atoms in total. The second kappa shape index (κ2) is 7.73. The van der Waals surface area contributed by atoms with Crippen molar-refractivity contribution in [3.05, 3.63) is 60.9 Å². The zero-order chi connectivity index (χ0) is 23.3. The number of hydrogen-bond acceptors (Lipinski definition) is 7. The first kappa shape index (κ1) is 21.7. The Balaban J connectivity index is 1.52. The summed E-state index contributed by atoms with van der Waals surface area (Å²) in [5, 5.41) is 0. The van der Waals surface area contributed by atoms with Gasteiger partial charge >= 0.3 is 10.1 Å². The van der Waals surface area contributed by atoms with Crippen molar-refractivity contribution in [3.8, 4) is 28.5 Å². The average molecular weight is 464 g/mol. The number of hydrogen-bond donors (Lipinski definition) is 0. The molecule has 0 aliphatic heterocycles. The minimum atomic E-state index is -4.05. The first-order valence-electron chi connectivity index (χ1n) is 11.0. The first-order valence-corrected chi connectivity index (χ1v) is 12.6. The van der Waals surface area contributed by atoms with Gasteiger partial charge in [-0.15, -0.1) is 0 Å². The fraction of sp³-hybridized carbons (Fsp3) is 0.360. The molecule has 3 heterocycles. The minimum Gasteiger partial charge on any atom is -0.382 e. The lowest BCUT2D eigenvalue weighted by Crippen LogP contribution is -2.43. The lowest BCUT2D eigenvalue weighted by atomic mass is 9.70. The van der Waals surface area contributed by atoms with Gasteiger partial charge in [0.05, 0.1) is 33.9 Å². The van der Waals surface area contributed by atoms with Crippen LogP contribution in [0.5, 0.6) is 5.75 Å². The predicted molar refractivity (Wildman–Crippen MR) is 124 cm³/mol. The van der Waals surface area contributed by atoms with Crippen molar-refractivity contribution in [3.63, 3.8) is 0 Å². The van der Waals surface area contributed by atoms with Crippen molar-refractivity contribution in [1.82, 2.24) is 15.0 Å². The highest BCUT2D eigenvalue weighted by Gasteiger charge is 2.65. The lowest BCUT2D eigenvalue weighted by Gasteiger charge is -2.35. The third kappa shape index (κ3) is 3.72. The maximum absolute atomic E-state index is 13.2. The fourth-order valence-corrected chi connectivity index (χ4v) is 7.16. The molecule has 1 unspecified atom stereocenters. The second-order valence-electron chi connectivity index (χ2n) is 9.46. The Bertz CT molecular complexity index is 1250. The Morgan fingerprint density at radius 2 is 1.58 bits per heavy atom. The topological polar surface area (TPSA) is 99.1 Å². The highest BCUT2D eigenvalue weighted by Crippen LogP contribution is 2.64. The summed E-state index contributed by atoms with van der Waals surface area (Å²) in [4.78, 5) is 26.1. The molecule has 2 atom stereocenters. The number of fused-ring (bicyclic) bond motifs is 2. The monoisotopic (exact) mass is 463 g/mol. The van der Waals surface area contributed by atoms with E-state index in [1.807, 2.05) is 26.0 Å². The number of ketones is 1. The van der Waals surface area contributed by atoms with Crippen molar-refractivity contribution >= 4 is 15.9 Å². The van der Waals surface area contributed by atoms with Crippen LogP contribution in [-0.4, -0.2) is 34.9 Å². The Morgan fingerprint density at radius 3 is 2.03 bits per heavy atom. The number of pyridine rings is 3. The zero-order valence-electron chi connectivity index (χ0n) is 18.6. The van der Waals surface area contributed by atoms with Gasteiger partial charge in [-0.2, -0.15) is 8.42 Å². The van der Waals surface area contributed by atoms with Crippen molar-refractivity contribution in [1.29, 1.82) is 0 Å². The second-order valence-corrected chi connectivity index (χ2v) is 11.0. The molecule has 2 bridgehead atoms. The van der Waals surface area contributed by atoms with E-state index in [4.69, 9.17) is 4.18 Å². The normalized spacial score (nSPS) is 23.6. The van der Waals surface area contributed by atoms with Crippen LogP contribution in [0.3, 0.4) is 0 Å². The van der Waals surface area contributed by atoms with Crippen molar-refractivity contribution in [2.45, 2.75) is 33.1 Å². The number of nitrogens with zero attached hydrogens (tertiary/aromatic N) is 3. The summed E-state index contributed by atoms with van der Waals surface area (Å²) in [6, 6.07) is 14.0. The zero-order valence-corrected chi connectivity index (χ0v) is 19.4. The van der Waals surface area contributed by atoms with Gasteiger partial charge in [0.25, 0.3) is 0 Å². The van der Waals surface area contributed by atoms with Crippen LogP contribution in [0.4, 0.5) is 0 Å². The summed E-state index contributed by atoms with van der Waals surface area (Å²) in [6.45, 7) is 4.02. The highest BCUT2D eigenvalue weighted by molar-refractivity contribution is 7.87. The molecule has 0 spiro atoms. The summed E-state index contributed by atoms with van der Waals surface area (Å²) in [5.74, 6) is 0.0739. The Morgan fingerprint density at radius 1 is 0.970 bits per heavy atom. The average Bonchev–Trinajstić information content (AvgIpc) is 3.14. The first-order chi connectivity index (χ1) is 15.7. The van der Waals surface area contributed by atoms with E-state index in [0.29, 0.717) is 35.6 Å². The van der Waals surface area contributed by atoms with Crippen LogP contribution in [0.15, 0.2) is 60.9 Å². The lowest BCUT2D eigenvalue weighted by molar-refractivity contribution is -0.128. The van der Waals surface area contributed by atoms with E-state index in [0.717, 1.165) is 6.42 Å². The van der Waals surface area contributed by atoms with Crippen LogP contribution in [0.1, 0.15) is 33.1 Å². The Kier molecular flexibility index (Phi) is 5.08. The molecule has 2 saturated carbocycles. The van der Waals surface area contributed by atoms with Gasteiger partial charge in [0.2, 0.25) is 0 Å². The van der Waals surface area contributed by atoms with Crippen molar-refractivity contribution < 1.29 is 17.4 Å². The van der Waals surface area contributed by atoms with Gasteiger partial charge in [0.15, 0.2) is 0 Å². The number of carbonyl (C=O) groups is 1. The maximum atomic E-state index is 13.2. The minimum absolute atomic E-state index is 0.0361. The maximum Gasteiger partial charge on any atom is 0.310 e. The molecule has 2 fully saturated rings. The molecule has 0 saturated heterocycles. The molecule has 0 aromatic carbocycles. The van der Waals surface area contributed by atoms with Crippen molar-refractivity contribution in [2.24, 2.45) is 16.7 Å². The molecule has 5 rings (SSSR count). The van der Waals surface area contributed by atoms with E-state index in [-0.39, 0.29) is 28.6 Å². The molecular formula is C25H25N3O4S. The summed E-state index contributed by atoms with van der Waals surface area (Å²) in [6.07, 6.45) is 5.19. The SMILES string of the molecule is CC1(C)C2CC[C@@]1(CS(=O)(=O)Oc1cc(-c3ccccn3)nc(-c3ccccn3)c1)C(=O)C2. The quantitative estimate of drug-likeness (QED) is 0.502. The summed E-state index contributed by atoms with van der Waals surface area (Å²) >= 11 is 0. The van der Waals surface area contributed by atoms with Gasteiger partial charge in [-0.1, -0.05) is 26.0 Å². The van der Waals surface area contributed by atoms with Gasteiger partial charge in [-0.05, 0) is 48.4 Å². The van der Waals surface area contributed by atoms with Crippen LogP contribution < -0.4 is 4.18 Å². The molecule has 170 valence electrons. The van der Waals surface area contributed by atoms with Gasteiger partial charge in [-0.25, -0.2) is 4.98 Å². The number of rotatable bonds is 6.